The fourth-order valence-electron chi connectivity index (χ4n) is 2.00. The van der Waals surface area contributed by atoms with Gasteiger partial charge in [-0.3, -0.25) is 0 Å². The molecule has 1 aliphatic carbocycles. The molecule has 0 amide bonds. The van der Waals surface area contributed by atoms with Crippen LogP contribution < -0.4 is 10.5 Å². The average molecular weight is 268 g/mol. The summed E-state index contributed by atoms with van der Waals surface area (Å²) in [7, 11) is -3.27. The van der Waals surface area contributed by atoms with Gasteiger partial charge in [0.2, 0.25) is 10.0 Å². The monoisotopic (exact) mass is 268 g/mol. The SMILES string of the molecule is CC(CN)(NS(=O)(=O)CC1CC1)c1ccccc1. The van der Waals surface area contributed by atoms with E-state index in [9.17, 15) is 8.42 Å². The zero-order valence-corrected chi connectivity index (χ0v) is 11.4. The van der Waals surface area contributed by atoms with E-state index in [1.54, 1.807) is 0 Å². The van der Waals surface area contributed by atoms with Crippen molar-refractivity contribution in [3.8, 4) is 0 Å². The summed E-state index contributed by atoms with van der Waals surface area (Å²) in [5.41, 5.74) is 5.93. The molecule has 0 heterocycles. The summed E-state index contributed by atoms with van der Waals surface area (Å²) in [6, 6.07) is 9.47. The first kappa shape index (κ1) is 13.5. The molecular formula is C13H20N2O2S. The molecular weight excluding hydrogens is 248 g/mol. The molecule has 1 aromatic rings. The summed E-state index contributed by atoms with van der Waals surface area (Å²) in [5.74, 6) is 0.551. The third-order valence-electron chi connectivity index (χ3n) is 3.35. The van der Waals surface area contributed by atoms with Gasteiger partial charge in [0.1, 0.15) is 0 Å². The predicted octanol–water partition coefficient (Wildman–Crippen LogP) is 1.19. The molecule has 0 aliphatic heterocycles. The number of nitrogens with one attached hydrogen (secondary N) is 1. The van der Waals surface area contributed by atoms with Gasteiger partial charge in [0.15, 0.2) is 0 Å². The van der Waals surface area contributed by atoms with Crippen LogP contribution in [0.2, 0.25) is 0 Å². The van der Waals surface area contributed by atoms with Crippen LogP contribution >= 0.6 is 0 Å². The quantitative estimate of drug-likeness (QED) is 0.814. The third-order valence-corrected chi connectivity index (χ3v) is 5.02. The fraction of sp³-hybridized carbons (Fsp3) is 0.538. The van der Waals surface area contributed by atoms with Crippen molar-refractivity contribution in [1.82, 2.24) is 4.72 Å². The van der Waals surface area contributed by atoms with Crippen LogP contribution in [0.15, 0.2) is 30.3 Å². The van der Waals surface area contributed by atoms with Gasteiger partial charge in [-0.25, -0.2) is 13.1 Å². The minimum atomic E-state index is -3.27. The highest BCUT2D eigenvalue weighted by atomic mass is 32.2. The summed E-state index contributed by atoms with van der Waals surface area (Å²) in [6.45, 7) is 2.06. The van der Waals surface area contributed by atoms with Crippen LogP contribution in [-0.2, 0) is 15.6 Å². The van der Waals surface area contributed by atoms with Gasteiger partial charge in [0.05, 0.1) is 11.3 Å². The molecule has 1 fully saturated rings. The number of benzene rings is 1. The number of rotatable bonds is 6. The smallest absolute Gasteiger partial charge is 0.212 e. The first-order valence-corrected chi connectivity index (χ1v) is 7.88. The van der Waals surface area contributed by atoms with E-state index in [-0.39, 0.29) is 12.3 Å². The van der Waals surface area contributed by atoms with E-state index in [4.69, 9.17) is 5.73 Å². The Kier molecular flexibility index (Phi) is 3.75. The van der Waals surface area contributed by atoms with Crippen LogP contribution in [0.3, 0.4) is 0 Å². The lowest BCUT2D eigenvalue weighted by molar-refractivity contribution is 0.440. The Morgan fingerprint density at radius 1 is 1.33 bits per heavy atom. The zero-order valence-electron chi connectivity index (χ0n) is 10.6. The summed E-state index contributed by atoms with van der Waals surface area (Å²) in [5, 5.41) is 0. The highest BCUT2D eigenvalue weighted by molar-refractivity contribution is 7.89. The fourth-order valence-corrected chi connectivity index (χ4v) is 3.93. The Bertz CT molecular complexity index is 497. The van der Waals surface area contributed by atoms with Crippen LogP contribution in [0.4, 0.5) is 0 Å². The Balaban J connectivity index is 2.17. The first-order valence-electron chi connectivity index (χ1n) is 6.22. The maximum Gasteiger partial charge on any atom is 0.212 e. The molecule has 1 aliphatic rings. The molecule has 1 unspecified atom stereocenters. The van der Waals surface area contributed by atoms with Crippen molar-refractivity contribution >= 4 is 10.0 Å². The molecule has 0 saturated heterocycles. The molecule has 1 aromatic carbocycles. The Hall–Kier alpha value is -0.910. The highest BCUT2D eigenvalue weighted by Gasteiger charge is 2.34. The van der Waals surface area contributed by atoms with E-state index < -0.39 is 15.6 Å². The molecule has 1 atom stereocenters. The van der Waals surface area contributed by atoms with Gasteiger partial charge in [-0.1, -0.05) is 30.3 Å². The summed E-state index contributed by atoms with van der Waals surface area (Å²) in [4.78, 5) is 0. The van der Waals surface area contributed by atoms with Crippen molar-refractivity contribution in [1.29, 1.82) is 0 Å². The van der Waals surface area contributed by atoms with Gasteiger partial charge < -0.3 is 5.73 Å². The first-order chi connectivity index (χ1) is 8.45. The van der Waals surface area contributed by atoms with Crippen molar-refractivity contribution in [3.63, 3.8) is 0 Å². The molecule has 0 aromatic heterocycles. The second-order valence-electron chi connectivity index (χ2n) is 5.23. The van der Waals surface area contributed by atoms with Crippen LogP contribution in [0.5, 0.6) is 0 Å². The Morgan fingerprint density at radius 2 is 1.94 bits per heavy atom. The van der Waals surface area contributed by atoms with Gasteiger partial charge in [-0.05, 0) is 31.2 Å². The lowest BCUT2D eigenvalue weighted by Crippen LogP contribution is -2.49. The molecule has 2 rings (SSSR count). The van der Waals surface area contributed by atoms with Crippen LogP contribution in [0, 0.1) is 5.92 Å². The predicted molar refractivity (Wildman–Crippen MR) is 72.5 cm³/mol. The van der Waals surface area contributed by atoms with E-state index in [1.807, 2.05) is 37.3 Å². The van der Waals surface area contributed by atoms with Crippen molar-refractivity contribution in [2.45, 2.75) is 25.3 Å². The van der Waals surface area contributed by atoms with Crippen LogP contribution in [-0.4, -0.2) is 20.7 Å². The lowest BCUT2D eigenvalue weighted by Gasteiger charge is -2.29. The van der Waals surface area contributed by atoms with Gasteiger partial charge in [0.25, 0.3) is 0 Å². The van der Waals surface area contributed by atoms with E-state index >= 15 is 0 Å². The standard InChI is InChI=1S/C13H20N2O2S/c1-13(10-14,12-5-3-2-4-6-12)15-18(16,17)9-11-7-8-11/h2-6,11,15H,7-10,14H2,1H3. The van der Waals surface area contributed by atoms with E-state index in [1.165, 1.54) is 0 Å². The maximum atomic E-state index is 12.1. The molecule has 4 nitrogen and oxygen atoms in total. The molecule has 3 N–H and O–H groups in total. The second-order valence-corrected chi connectivity index (χ2v) is 7.00. The molecule has 1 saturated carbocycles. The lowest BCUT2D eigenvalue weighted by atomic mass is 9.94. The van der Waals surface area contributed by atoms with Crippen molar-refractivity contribution in [3.05, 3.63) is 35.9 Å². The minimum Gasteiger partial charge on any atom is -0.328 e. The highest BCUT2D eigenvalue weighted by Crippen LogP contribution is 2.31. The van der Waals surface area contributed by atoms with E-state index in [0.717, 1.165) is 18.4 Å². The van der Waals surface area contributed by atoms with Gasteiger partial charge in [0, 0.05) is 6.54 Å². The minimum absolute atomic E-state index is 0.218. The molecule has 0 radical (unpaired) electrons. The van der Waals surface area contributed by atoms with Crippen molar-refractivity contribution < 1.29 is 8.42 Å². The summed E-state index contributed by atoms with van der Waals surface area (Å²) < 4.78 is 26.9. The number of nitrogens with two attached hydrogens (primary N) is 1. The zero-order chi connectivity index (χ0) is 13.2. The van der Waals surface area contributed by atoms with Gasteiger partial charge >= 0.3 is 0 Å². The number of hydrogen-bond donors (Lipinski definition) is 2. The average Bonchev–Trinajstić information content (AvgIpc) is 3.12. The topological polar surface area (TPSA) is 72.2 Å². The van der Waals surface area contributed by atoms with Gasteiger partial charge in [-0.15, -0.1) is 0 Å². The number of sulfonamides is 1. The van der Waals surface area contributed by atoms with E-state index in [0.29, 0.717) is 5.92 Å². The summed E-state index contributed by atoms with van der Waals surface area (Å²) >= 11 is 0. The normalized spacial score (nSPS) is 19.4. The number of hydrogen-bond acceptors (Lipinski definition) is 3. The molecule has 100 valence electrons. The van der Waals surface area contributed by atoms with E-state index in [2.05, 4.69) is 4.72 Å². The molecule has 5 heteroatoms. The molecule has 18 heavy (non-hydrogen) atoms. The van der Waals surface area contributed by atoms with Crippen molar-refractivity contribution in [2.24, 2.45) is 11.7 Å². The Morgan fingerprint density at radius 3 is 2.44 bits per heavy atom. The third kappa shape index (κ3) is 3.31. The molecule has 0 bridgehead atoms. The van der Waals surface area contributed by atoms with Gasteiger partial charge in [-0.2, -0.15) is 0 Å². The Labute approximate surface area is 109 Å². The van der Waals surface area contributed by atoms with Crippen LogP contribution in [0.25, 0.3) is 0 Å². The maximum absolute atomic E-state index is 12.1. The molecule has 0 spiro atoms. The summed E-state index contributed by atoms with van der Waals surface area (Å²) in [6.07, 6.45) is 2.04. The second kappa shape index (κ2) is 4.99. The van der Waals surface area contributed by atoms with Crippen LogP contribution in [0.1, 0.15) is 25.3 Å². The largest absolute Gasteiger partial charge is 0.328 e. The van der Waals surface area contributed by atoms with Crippen molar-refractivity contribution in [2.75, 3.05) is 12.3 Å².